The van der Waals surface area contributed by atoms with Crippen LogP contribution in [-0.4, -0.2) is 30.6 Å². The number of ether oxygens (including phenoxy) is 1. The normalized spacial score (nSPS) is 28.1. The SMILES string of the molecule is CCCN1CCC[C@H]2c3ccccc3OC[C@@H]21. The molecule has 0 aliphatic carbocycles. The molecule has 3 rings (SSSR count). The minimum absolute atomic E-state index is 0.610. The molecule has 0 spiro atoms. The van der Waals surface area contributed by atoms with Crippen molar-refractivity contribution in [3.63, 3.8) is 0 Å². The second kappa shape index (κ2) is 4.69. The van der Waals surface area contributed by atoms with Gasteiger partial charge in [0.05, 0.1) is 6.04 Å². The van der Waals surface area contributed by atoms with Crippen LogP contribution in [0.3, 0.4) is 0 Å². The van der Waals surface area contributed by atoms with Crippen molar-refractivity contribution in [2.24, 2.45) is 0 Å². The first-order valence-electron chi connectivity index (χ1n) is 6.86. The van der Waals surface area contributed by atoms with Gasteiger partial charge in [-0.25, -0.2) is 0 Å². The Bertz CT molecular complexity index is 388. The molecule has 1 fully saturated rings. The van der Waals surface area contributed by atoms with E-state index in [0.717, 1.165) is 12.4 Å². The molecule has 2 aliphatic rings. The van der Waals surface area contributed by atoms with E-state index in [-0.39, 0.29) is 0 Å². The molecule has 0 N–H and O–H groups in total. The lowest BCUT2D eigenvalue weighted by atomic mass is 9.82. The van der Waals surface area contributed by atoms with E-state index in [1.54, 1.807) is 0 Å². The fourth-order valence-electron chi connectivity index (χ4n) is 3.37. The first kappa shape index (κ1) is 11.1. The highest BCUT2D eigenvalue weighted by Crippen LogP contribution is 2.40. The van der Waals surface area contributed by atoms with Crippen molar-refractivity contribution in [1.29, 1.82) is 0 Å². The number of para-hydroxylation sites is 1. The molecule has 1 aromatic rings. The zero-order valence-corrected chi connectivity index (χ0v) is 10.6. The third kappa shape index (κ3) is 1.95. The van der Waals surface area contributed by atoms with E-state index in [9.17, 15) is 0 Å². The van der Waals surface area contributed by atoms with E-state index in [1.165, 1.54) is 37.9 Å². The van der Waals surface area contributed by atoms with Gasteiger partial charge in [-0.05, 0) is 44.0 Å². The summed E-state index contributed by atoms with van der Waals surface area (Å²) in [7, 11) is 0. The second-order valence-corrected chi connectivity index (χ2v) is 5.20. The summed E-state index contributed by atoms with van der Waals surface area (Å²) in [6.45, 7) is 5.61. The summed E-state index contributed by atoms with van der Waals surface area (Å²) in [6, 6.07) is 9.19. The Morgan fingerprint density at radius 1 is 1.35 bits per heavy atom. The highest BCUT2D eigenvalue weighted by molar-refractivity contribution is 5.39. The van der Waals surface area contributed by atoms with E-state index >= 15 is 0 Å². The summed E-state index contributed by atoms with van der Waals surface area (Å²) in [5, 5.41) is 0. The summed E-state index contributed by atoms with van der Waals surface area (Å²) < 4.78 is 5.93. The summed E-state index contributed by atoms with van der Waals surface area (Å²) in [6.07, 6.45) is 3.89. The first-order valence-corrected chi connectivity index (χ1v) is 6.86. The summed E-state index contributed by atoms with van der Waals surface area (Å²) in [5.41, 5.74) is 1.43. The van der Waals surface area contributed by atoms with Gasteiger partial charge in [-0.1, -0.05) is 25.1 Å². The van der Waals surface area contributed by atoms with Crippen LogP contribution in [0.5, 0.6) is 5.75 Å². The molecule has 0 unspecified atom stereocenters. The van der Waals surface area contributed by atoms with Gasteiger partial charge in [-0.3, -0.25) is 4.90 Å². The van der Waals surface area contributed by atoms with Crippen LogP contribution in [-0.2, 0) is 0 Å². The average Bonchev–Trinajstić information content (AvgIpc) is 2.39. The molecule has 2 aliphatic heterocycles. The predicted molar refractivity (Wildman–Crippen MR) is 69.6 cm³/mol. The number of fused-ring (bicyclic) bond motifs is 3. The molecule has 92 valence electrons. The van der Waals surface area contributed by atoms with Gasteiger partial charge in [0, 0.05) is 5.92 Å². The molecule has 2 nitrogen and oxygen atoms in total. The fraction of sp³-hybridized carbons (Fsp3) is 0.600. The van der Waals surface area contributed by atoms with Crippen LogP contribution in [0, 0.1) is 0 Å². The van der Waals surface area contributed by atoms with Gasteiger partial charge in [-0.2, -0.15) is 0 Å². The molecule has 1 saturated heterocycles. The quantitative estimate of drug-likeness (QED) is 0.775. The lowest BCUT2D eigenvalue weighted by Gasteiger charge is -2.44. The highest BCUT2D eigenvalue weighted by Gasteiger charge is 2.36. The van der Waals surface area contributed by atoms with E-state index in [4.69, 9.17) is 4.74 Å². The maximum absolute atomic E-state index is 5.93. The third-order valence-electron chi connectivity index (χ3n) is 4.13. The van der Waals surface area contributed by atoms with Gasteiger partial charge in [0.2, 0.25) is 0 Å². The number of rotatable bonds is 2. The molecule has 0 saturated carbocycles. The van der Waals surface area contributed by atoms with Crippen LogP contribution in [0.1, 0.15) is 37.7 Å². The van der Waals surface area contributed by atoms with Crippen LogP contribution in [0.15, 0.2) is 24.3 Å². The maximum Gasteiger partial charge on any atom is 0.122 e. The second-order valence-electron chi connectivity index (χ2n) is 5.20. The standard InChI is InChI=1S/C15H21NO/c1-2-9-16-10-5-7-12-13-6-3-4-8-15(13)17-11-14(12)16/h3-4,6,8,12,14H,2,5,7,9-11H2,1H3/t12-,14-/m0/s1. The van der Waals surface area contributed by atoms with Crippen molar-refractivity contribution in [2.45, 2.75) is 38.1 Å². The first-order chi connectivity index (χ1) is 8.40. The van der Waals surface area contributed by atoms with Crippen molar-refractivity contribution in [1.82, 2.24) is 4.90 Å². The largest absolute Gasteiger partial charge is 0.492 e. The van der Waals surface area contributed by atoms with Crippen molar-refractivity contribution in [3.05, 3.63) is 29.8 Å². The van der Waals surface area contributed by atoms with Gasteiger partial charge in [0.15, 0.2) is 0 Å². The Morgan fingerprint density at radius 2 is 2.24 bits per heavy atom. The molecule has 2 heteroatoms. The molecular weight excluding hydrogens is 210 g/mol. The fourth-order valence-corrected chi connectivity index (χ4v) is 3.37. The van der Waals surface area contributed by atoms with Gasteiger partial charge in [-0.15, -0.1) is 0 Å². The Morgan fingerprint density at radius 3 is 3.12 bits per heavy atom. The average molecular weight is 231 g/mol. The minimum atomic E-state index is 0.610. The minimum Gasteiger partial charge on any atom is -0.492 e. The molecule has 0 amide bonds. The van der Waals surface area contributed by atoms with Crippen LogP contribution in [0.4, 0.5) is 0 Å². The number of piperidine rings is 1. The van der Waals surface area contributed by atoms with E-state index in [2.05, 4.69) is 36.1 Å². The maximum atomic E-state index is 5.93. The molecule has 0 bridgehead atoms. The Labute approximate surface area is 104 Å². The van der Waals surface area contributed by atoms with Crippen LogP contribution in [0.2, 0.25) is 0 Å². The van der Waals surface area contributed by atoms with E-state index < -0.39 is 0 Å². The molecule has 17 heavy (non-hydrogen) atoms. The Hall–Kier alpha value is -1.02. The number of hydrogen-bond acceptors (Lipinski definition) is 2. The van der Waals surface area contributed by atoms with Gasteiger partial charge in [0.1, 0.15) is 12.4 Å². The highest BCUT2D eigenvalue weighted by atomic mass is 16.5. The van der Waals surface area contributed by atoms with Crippen molar-refractivity contribution >= 4 is 0 Å². The number of nitrogens with zero attached hydrogens (tertiary/aromatic N) is 1. The van der Waals surface area contributed by atoms with Crippen LogP contribution >= 0.6 is 0 Å². The summed E-state index contributed by atoms with van der Waals surface area (Å²) in [5.74, 6) is 1.81. The zero-order valence-electron chi connectivity index (χ0n) is 10.6. The third-order valence-corrected chi connectivity index (χ3v) is 4.13. The lowest BCUT2D eigenvalue weighted by molar-refractivity contribution is 0.0659. The Balaban J connectivity index is 1.88. The van der Waals surface area contributed by atoms with Crippen LogP contribution in [0.25, 0.3) is 0 Å². The molecular formula is C15H21NO. The molecule has 0 radical (unpaired) electrons. The molecule has 1 aromatic carbocycles. The zero-order chi connectivity index (χ0) is 11.7. The van der Waals surface area contributed by atoms with Crippen molar-refractivity contribution < 1.29 is 4.74 Å². The Kier molecular flexibility index (Phi) is 3.06. The summed E-state index contributed by atoms with van der Waals surface area (Å²) in [4.78, 5) is 2.63. The van der Waals surface area contributed by atoms with Crippen molar-refractivity contribution in [2.75, 3.05) is 19.7 Å². The predicted octanol–water partition coefficient (Wildman–Crippen LogP) is 3.04. The number of likely N-dealkylation sites (tertiary alicyclic amines) is 1. The van der Waals surface area contributed by atoms with E-state index in [0.29, 0.717) is 12.0 Å². The van der Waals surface area contributed by atoms with Gasteiger partial charge < -0.3 is 4.74 Å². The van der Waals surface area contributed by atoms with Crippen molar-refractivity contribution in [3.8, 4) is 5.75 Å². The molecule has 0 aromatic heterocycles. The topological polar surface area (TPSA) is 12.5 Å². The van der Waals surface area contributed by atoms with Gasteiger partial charge in [0.25, 0.3) is 0 Å². The van der Waals surface area contributed by atoms with Crippen LogP contribution < -0.4 is 4.74 Å². The van der Waals surface area contributed by atoms with E-state index in [1.807, 2.05) is 0 Å². The molecule has 2 heterocycles. The van der Waals surface area contributed by atoms with Gasteiger partial charge >= 0.3 is 0 Å². The lowest BCUT2D eigenvalue weighted by Crippen LogP contribution is -2.49. The number of hydrogen-bond donors (Lipinski definition) is 0. The molecule has 2 atom stereocenters. The summed E-state index contributed by atoms with van der Waals surface area (Å²) >= 11 is 0. The smallest absolute Gasteiger partial charge is 0.122 e. The number of benzene rings is 1. The monoisotopic (exact) mass is 231 g/mol.